The fourth-order valence-corrected chi connectivity index (χ4v) is 3.74. The summed E-state index contributed by atoms with van der Waals surface area (Å²) in [6.07, 6.45) is 2.76. The van der Waals surface area contributed by atoms with Crippen molar-refractivity contribution >= 4 is 56.1 Å². The number of carbonyl (C=O) groups excluding carboxylic acids is 1. The molecule has 0 aliphatic heterocycles. The first-order valence-electron chi connectivity index (χ1n) is 5.64. The van der Waals surface area contributed by atoms with Crippen molar-refractivity contribution in [3.05, 3.63) is 55.8 Å². The first-order valence-corrected chi connectivity index (χ1v) is 7.69. The molecule has 0 unspecified atom stereocenters. The second kappa shape index (κ2) is 5.12. The monoisotopic (exact) mass is 353 g/mol. The van der Waals surface area contributed by atoms with Gasteiger partial charge in [0, 0.05) is 36.9 Å². The number of hydrogen-bond acceptors (Lipinski definition) is 2. The van der Waals surface area contributed by atoms with Gasteiger partial charge in [0.1, 0.15) is 0 Å². The minimum Gasteiger partial charge on any atom is -0.341 e. The van der Waals surface area contributed by atoms with Crippen molar-refractivity contribution in [3.63, 3.8) is 0 Å². The largest absolute Gasteiger partial charge is 0.341 e. The van der Waals surface area contributed by atoms with Gasteiger partial charge in [0.05, 0.1) is 12.1 Å². The third kappa shape index (κ3) is 2.48. The van der Waals surface area contributed by atoms with Crippen LogP contribution < -0.4 is 0 Å². The SMILES string of the molecule is O=Cc1cn(Cc2cc(Br)cs2)c2cc(Cl)ccc12. The molecule has 0 atom stereocenters. The topological polar surface area (TPSA) is 22.0 Å². The summed E-state index contributed by atoms with van der Waals surface area (Å²) in [7, 11) is 0. The van der Waals surface area contributed by atoms with Crippen LogP contribution in [-0.4, -0.2) is 10.9 Å². The van der Waals surface area contributed by atoms with E-state index in [4.69, 9.17) is 11.6 Å². The first-order chi connectivity index (χ1) is 9.17. The average Bonchev–Trinajstić information content (AvgIpc) is 2.94. The molecule has 2 nitrogen and oxygen atoms in total. The van der Waals surface area contributed by atoms with Crippen LogP contribution in [0.5, 0.6) is 0 Å². The molecule has 2 aromatic heterocycles. The second-order valence-corrected chi connectivity index (χ2v) is 6.57. The van der Waals surface area contributed by atoms with Gasteiger partial charge < -0.3 is 4.57 Å². The van der Waals surface area contributed by atoms with E-state index in [0.717, 1.165) is 28.2 Å². The maximum Gasteiger partial charge on any atom is 0.152 e. The van der Waals surface area contributed by atoms with Gasteiger partial charge in [-0.25, -0.2) is 0 Å². The van der Waals surface area contributed by atoms with E-state index in [1.165, 1.54) is 4.88 Å². The van der Waals surface area contributed by atoms with Crippen LogP contribution in [0.15, 0.2) is 40.3 Å². The van der Waals surface area contributed by atoms with Crippen LogP contribution >= 0.6 is 38.9 Å². The zero-order valence-corrected chi connectivity index (χ0v) is 12.9. The number of thiophene rings is 1. The Bertz CT molecular complexity index is 762. The number of rotatable bonds is 3. The lowest BCUT2D eigenvalue weighted by Crippen LogP contribution is -1.95. The van der Waals surface area contributed by atoms with E-state index in [9.17, 15) is 4.79 Å². The highest BCUT2D eigenvalue weighted by Crippen LogP contribution is 2.27. The van der Waals surface area contributed by atoms with Gasteiger partial charge in [0.15, 0.2) is 6.29 Å². The molecule has 0 amide bonds. The maximum atomic E-state index is 11.1. The van der Waals surface area contributed by atoms with Crippen LogP contribution in [0.2, 0.25) is 5.02 Å². The van der Waals surface area contributed by atoms with Crippen LogP contribution in [0.4, 0.5) is 0 Å². The summed E-state index contributed by atoms with van der Waals surface area (Å²) in [5, 5.41) is 3.67. The van der Waals surface area contributed by atoms with E-state index in [1.54, 1.807) is 11.3 Å². The molecule has 0 saturated carbocycles. The molecule has 0 aliphatic carbocycles. The Morgan fingerprint density at radius 2 is 2.21 bits per heavy atom. The molecule has 0 bridgehead atoms. The number of benzene rings is 1. The quantitative estimate of drug-likeness (QED) is 0.608. The number of hydrogen-bond donors (Lipinski definition) is 0. The predicted octanol–water partition coefficient (Wildman–Crippen LogP) is 4.98. The van der Waals surface area contributed by atoms with Crippen LogP contribution in [-0.2, 0) is 6.54 Å². The van der Waals surface area contributed by atoms with Gasteiger partial charge in [-0.3, -0.25) is 4.79 Å². The van der Waals surface area contributed by atoms with Crippen molar-refractivity contribution in [1.82, 2.24) is 4.57 Å². The molecule has 0 aliphatic rings. The van der Waals surface area contributed by atoms with Gasteiger partial charge in [-0.05, 0) is 34.1 Å². The summed E-state index contributed by atoms with van der Waals surface area (Å²) < 4.78 is 3.14. The van der Waals surface area contributed by atoms with E-state index in [-0.39, 0.29) is 0 Å². The molecule has 3 rings (SSSR count). The van der Waals surface area contributed by atoms with Gasteiger partial charge >= 0.3 is 0 Å². The minimum absolute atomic E-state index is 0.677. The molecular weight excluding hydrogens is 346 g/mol. The summed E-state index contributed by atoms with van der Waals surface area (Å²) >= 11 is 11.2. The molecule has 0 saturated heterocycles. The summed E-state index contributed by atoms with van der Waals surface area (Å²) in [6, 6.07) is 7.68. The molecule has 2 heterocycles. The van der Waals surface area contributed by atoms with Crippen LogP contribution in [0, 0.1) is 0 Å². The smallest absolute Gasteiger partial charge is 0.152 e. The summed E-state index contributed by atoms with van der Waals surface area (Å²) in [6.45, 7) is 0.737. The zero-order valence-electron chi connectivity index (χ0n) is 9.77. The minimum atomic E-state index is 0.677. The van der Waals surface area contributed by atoms with E-state index in [2.05, 4.69) is 31.9 Å². The molecular formula is C14H9BrClNOS. The molecule has 19 heavy (non-hydrogen) atoms. The maximum absolute atomic E-state index is 11.1. The van der Waals surface area contributed by atoms with E-state index in [0.29, 0.717) is 10.6 Å². The van der Waals surface area contributed by atoms with Crippen LogP contribution in [0.3, 0.4) is 0 Å². The van der Waals surface area contributed by atoms with Crippen molar-refractivity contribution in [2.45, 2.75) is 6.54 Å². The van der Waals surface area contributed by atoms with Crippen molar-refractivity contribution in [2.24, 2.45) is 0 Å². The van der Waals surface area contributed by atoms with Gasteiger partial charge in [0.2, 0.25) is 0 Å². The first kappa shape index (κ1) is 12.9. The predicted molar refractivity (Wildman–Crippen MR) is 83.5 cm³/mol. The van der Waals surface area contributed by atoms with E-state index in [1.807, 2.05) is 24.4 Å². The molecule has 96 valence electrons. The van der Waals surface area contributed by atoms with Crippen LogP contribution in [0.1, 0.15) is 15.2 Å². The van der Waals surface area contributed by atoms with Crippen LogP contribution in [0.25, 0.3) is 10.9 Å². The van der Waals surface area contributed by atoms with Gasteiger partial charge in [0.25, 0.3) is 0 Å². The normalized spacial score (nSPS) is 11.1. The molecule has 0 spiro atoms. The fourth-order valence-electron chi connectivity index (χ4n) is 2.12. The van der Waals surface area contributed by atoms with Gasteiger partial charge in [-0.15, -0.1) is 11.3 Å². The van der Waals surface area contributed by atoms with Gasteiger partial charge in [-0.2, -0.15) is 0 Å². The number of aldehydes is 1. The van der Waals surface area contributed by atoms with Crippen molar-refractivity contribution in [2.75, 3.05) is 0 Å². The van der Waals surface area contributed by atoms with Crippen molar-refractivity contribution < 1.29 is 4.79 Å². The Morgan fingerprint density at radius 3 is 2.89 bits per heavy atom. The molecule has 5 heteroatoms. The van der Waals surface area contributed by atoms with Crippen molar-refractivity contribution in [1.29, 1.82) is 0 Å². The highest BCUT2D eigenvalue weighted by Gasteiger charge is 2.09. The van der Waals surface area contributed by atoms with Crippen molar-refractivity contribution in [3.8, 4) is 0 Å². The number of nitrogens with zero attached hydrogens (tertiary/aromatic N) is 1. The van der Waals surface area contributed by atoms with E-state index >= 15 is 0 Å². The lowest BCUT2D eigenvalue weighted by molar-refractivity contribution is 0.112. The Hall–Kier alpha value is -1.10. The molecule has 0 N–H and O–H groups in total. The third-order valence-electron chi connectivity index (χ3n) is 2.95. The lowest BCUT2D eigenvalue weighted by Gasteiger charge is -2.03. The van der Waals surface area contributed by atoms with Gasteiger partial charge in [-0.1, -0.05) is 17.7 Å². The summed E-state index contributed by atoms with van der Waals surface area (Å²) in [5.74, 6) is 0. The Morgan fingerprint density at radius 1 is 1.37 bits per heavy atom. The number of halogens is 2. The average molecular weight is 355 g/mol. The van der Waals surface area contributed by atoms with E-state index < -0.39 is 0 Å². The highest BCUT2D eigenvalue weighted by molar-refractivity contribution is 9.10. The number of carbonyl (C=O) groups is 1. The molecule has 0 fully saturated rings. The zero-order chi connectivity index (χ0) is 13.4. The number of aromatic nitrogens is 1. The highest BCUT2D eigenvalue weighted by atomic mass is 79.9. The Labute approximate surface area is 127 Å². The molecule has 3 aromatic rings. The number of fused-ring (bicyclic) bond motifs is 1. The second-order valence-electron chi connectivity index (χ2n) is 4.22. The lowest BCUT2D eigenvalue weighted by atomic mass is 10.2. The molecule has 0 radical (unpaired) electrons. The Balaban J connectivity index is 2.12. The summed E-state index contributed by atoms with van der Waals surface area (Å²) in [4.78, 5) is 12.3. The fraction of sp³-hybridized carbons (Fsp3) is 0.0714. The molecule has 1 aromatic carbocycles. The Kier molecular flexibility index (Phi) is 3.48. The third-order valence-corrected chi connectivity index (χ3v) is 4.87. The summed E-state index contributed by atoms with van der Waals surface area (Å²) in [5.41, 5.74) is 1.68. The standard InChI is InChI=1S/C14H9BrClNOS/c15-10-3-12(19-8-10)6-17-5-9(7-18)13-2-1-11(16)4-14(13)17/h1-5,7-8H,6H2.